The fraction of sp³-hybridized carbons (Fsp3) is 0.400. The molecule has 8 nitrogen and oxygen atoms in total. The van der Waals surface area contributed by atoms with E-state index in [-0.39, 0.29) is 18.1 Å². The number of rotatable bonds is 3. The quantitative estimate of drug-likeness (QED) is 0.595. The zero-order valence-electron chi connectivity index (χ0n) is 10.0. The van der Waals surface area contributed by atoms with Gasteiger partial charge in [0.1, 0.15) is 4.90 Å². The van der Waals surface area contributed by atoms with Crippen molar-refractivity contribution in [1.29, 1.82) is 0 Å². The number of hydrogen-bond acceptors (Lipinski definition) is 6. The Kier molecular flexibility index (Phi) is 3.98. The molecule has 2 rings (SSSR count). The SMILES string of the molecule is O=[N+]([O-])c1ccc(Cl)c(S(=O)(=O)N2C[C@@H](O)[C@@H](O)C2)c1. The van der Waals surface area contributed by atoms with Gasteiger partial charge in [0.25, 0.3) is 5.69 Å². The Morgan fingerprint density at radius 1 is 1.30 bits per heavy atom. The first-order valence-corrected chi connectivity index (χ1v) is 7.35. The third kappa shape index (κ3) is 2.63. The first-order valence-electron chi connectivity index (χ1n) is 5.53. The van der Waals surface area contributed by atoms with E-state index < -0.39 is 37.7 Å². The lowest BCUT2D eigenvalue weighted by molar-refractivity contribution is -0.385. The van der Waals surface area contributed by atoms with Crippen LogP contribution in [-0.4, -0.2) is 53.2 Å². The monoisotopic (exact) mass is 322 g/mol. The third-order valence-corrected chi connectivity index (χ3v) is 5.28. The van der Waals surface area contributed by atoms with Crippen molar-refractivity contribution in [3.05, 3.63) is 33.3 Å². The fourth-order valence-electron chi connectivity index (χ4n) is 1.87. The number of benzene rings is 1. The molecule has 2 atom stereocenters. The maximum Gasteiger partial charge on any atom is 0.270 e. The van der Waals surface area contributed by atoms with Crippen molar-refractivity contribution in [3.8, 4) is 0 Å². The van der Waals surface area contributed by atoms with Gasteiger partial charge in [0.15, 0.2) is 0 Å². The molecule has 0 spiro atoms. The van der Waals surface area contributed by atoms with Gasteiger partial charge in [0.05, 0.1) is 22.2 Å². The second kappa shape index (κ2) is 5.26. The summed E-state index contributed by atoms with van der Waals surface area (Å²) < 4.78 is 25.5. The first-order chi connectivity index (χ1) is 9.23. The van der Waals surface area contributed by atoms with Gasteiger partial charge >= 0.3 is 0 Å². The molecule has 10 heteroatoms. The van der Waals surface area contributed by atoms with Crippen LogP contribution in [0.4, 0.5) is 5.69 Å². The van der Waals surface area contributed by atoms with Crippen LogP contribution in [-0.2, 0) is 10.0 Å². The molecule has 0 radical (unpaired) electrons. The number of aliphatic hydroxyl groups excluding tert-OH is 2. The van der Waals surface area contributed by atoms with Gasteiger partial charge in [-0.05, 0) is 6.07 Å². The van der Waals surface area contributed by atoms with Crippen molar-refractivity contribution in [1.82, 2.24) is 4.31 Å². The number of nitrogens with zero attached hydrogens (tertiary/aromatic N) is 2. The number of sulfonamides is 1. The molecule has 1 fully saturated rings. The molecule has 20 heavy (non-hydrogen) atoms. The van der Waals surface area contributed by atoms with Crippen molar-refractivity contribution in [2.75, 3.05) is 13.1 Å². The number of halogens is 1. The highest BCUT2D eigenvalue weighted by Crippen LogP contribution is 2.30. The molecule has 110 valence electrons. The van der Waals surface area contributed by atoms with Crippen LogP contribution in [0, 0.1) is 10.1 Å². The molecule has 0 bridgehead atoms. The summed E-state index contributed by atoms with van der Waals surface area (Å²) in [6, 6.07) is 3.07. The normalized spacial score (nSPS) is 23.9. The number of nitro benzene ring substituents is 1. The maximum atomic E-state index is 12.3. The molecule has 0 saturated carbocycles. The topological polar surface area (TPSA) is 121 Å². The average Bonchev–Trinajstić information content (AvgIpc) is 2.70. The van der Waals surface area contributed by atoms with E-state index in [2.05, 4.69) is 0 Å². The van der Waals surface area contributed by atoms with E-state index in [4.69, 9.17) is 11.6 Å². The largest absolute Gasteiger partial charge is 0.389 e. The lowest BCUT2D eigenvalue weighted by Crippen LogP contribution is -2.30. The highest BCUT2D eigenvalue weighted by atomic mass is 35.5. The molecule has 1 saturated heterocycles. The van der Waals surface area contributed by atoms with Crippen LogP contribution in [0.5, 0.6) is 0 Å². The molecule has 1 aromatic carbocycles. The van der Waals surface area contributed by atoms with E-state index in [1.165, 1.54) is 0 Å². The number of β-amino-alcohol motifs (C(OH)–C–C–N with tert-alkyl or cyclic N) is 2. The number of aliphatic hydroxyl groups is 2. The molecule has 1 aliphatic heterocycles. The van der Waals surface area contributed by atoms with E-state index in [1.807, 2.05) is 0 Å². The molecule has 0 aliphatic carbocycles. The van der Waals surface area contributed by atoms with Crippen molar-refractivity contribution in [2.24, 2.45) is 0 Å². The molecular formula is C10H11ClN2O6S. The summed E-state index contributed by atoms with van der Waals surface area (Å²) >= 11 is 5.78. The average molecular weight is 323 g/mol. The van der Waals surface area contributed by atoms with E-state index >= 15 is 0 Å². The van der Waals surface area contributed by atoms with E-state index in [0.29, 0.717) is 0 Å². The Morgan fingerprint density at radius 2 is 1.85 bits per heavy atom. The molecule has 1 heterocycles. The van der Waals surface area contributed by atoms with Gasteiger partial charge in [0, 0.05) is 25.2 Å². The van der Waals surface area contributed by atoms with Gasteiger partial charge in [-0.1, -0.05) is 11.6 Å². The van der Waals surface area contributed by atoms with E-state index in [1.54, 1.807) is 0 Å². The molecule has 0 aromatic heterocycles. The predicted octanol–water partition coefficient (Wildman–Crippen LogP) is -0.0257. The van der Waals surface area contributed by atoms with Crippen molar-refractivity contribution < 1.29 is 23.6 Å². The van der Waals surface area contributed by atoms with Gasteiger partial charge < -0.3 is 10.2 Å². The van der Waals surface area contributed by atoms with Crippen LogP contribution < -0.4 is 0 Å². The summed E-state index contributed by atoms with van der Waals surface area (Å²) in [4.78, 5) is 9.54. The number of nitro groups is 1. The van der Waals surface area contributed by atoms with Crippen molar-refractivity contribution in [2.45, 2.75) is 17.1 Å². The lowest BCUT2D eigenvalue weighted by atomic mass is 10.3. The molecule has 0 amide bonds. The number of non-ortho nitro benzene ring substituents is 1. The highest BCUT2D eigenvalue weighted by Gasteiger charge is 2.38. The summed E-state index contributed by atoms with van der Waals surface area (Å²) in [7, 11) is -4.11. The van der Waals surface area contributed by atoms with Gasteiger partial charge in [0.2, 0.25) is 10.0 Å². The molecule has 0 unspecified atom stereocenters. The highest BCUT2D eigenvalue weighted by molar-refractivity contribution is 7.89. The standard InChI is InChI=1S/C10H11ClN2O6S/c11-7-2-1-6(13(16)17)3-10(7)20(18,19)12-4-8(14)9(15)5-12/h1-3,8-9,14-15H,4-5H2/t8-,9+. The van der Waals surface area contributed by atoms with Crippen molar-refractivity contribution in [3.63, 3.8) is 0 Å². The Balaban J connectivity index is 2.44. The Labute approximate surface area is 119 Å². The summed E-state index contributed by atoms with van der Waals surface area (Å²) in [5, 5.41) is 29.3. The molecule has 1 aromatic rings. The van der Waals surface area contributed by atoms with Crippen LogP contribution >= 0.6 is 11.6 Å². The zero-order valence-corrected chi connectivity index (χ0v) is 11.6. The number of hydrogen-bond donors (Lipinski definition) is 2. The van der Waals surface area contributed by atoms with Gasteiger partial charge in [-0.15, -0.1) is 0 Å². The summed E-state index contributed by atoms with van der Waals surface area (Å²) in [6.07, 6.45) is -2.38. The maximum absolute atomic E-state index is 12.3. The van der Waals surface area contributed by atoms with Crippen LogP contribution in [0.25, 0.3) is 0 Å². The second-order valence-electron chi connectivity index (χ2n) is 4.33. The third-order valence-electron chi connectivity index (χ3n) is 2.97. The first kappa shape index (κ1) is 15.1. The minimum Gasteiger partial charge on any atom is -0.389 e. The van der Waals surface area contributed by atoms with E-state index in [0.717, 1.165) is 22.5 Å². The van der Waals surface area contributed by atoms with Crippen LogP contribution in [0.2, 0.25) is 5.02 Å². The fourth-order valence-corrected chi connectivity index (χ4v) is 3.84. The van der Waals surface area contributed by atoms with Crippen LogP contribution in [0.3, 0.4) is 0 Å². The molecular weight excluding hydrogens is 312 g/mol. The minimum absolute atomic E-state index is 0.161. The van der Waals surface area contributed by atoms with Gasteiger partial charge in [-0.25, -0.2) is 8.42 Å². The zero-order chi connectivity index (χ0) is 15.1. The van der Waals surface area contributed by atoms with Crippen LogP contribution in [0.15, 0.2) is 23.1 Å². The lowest BCUT2D eigenvalue weighted by Gasteiger charge is -2.16. The minimum atomic E-state index is -4.11. The van der Waals surface area contributed by atoms with Crippen LogP contribution in [0.1, 0.15) is 0 Å². The summed E-state index contributed by atoms with van der Waals surface area (Å²) in [6.45, 7) is -0.578. The Bertz CT molecular complexity index is 639. The predicted molar refractivity (Wildman–Crippen MR) is 68.9 cm³/mol. The van der Waals surface area contributed by atoms with Crippen molar-refractivity contribution >= 4 is 27.3 Å². The smallest absolute Gasteiger partial charge is 0.270 e. The Hall–Kier alpha value is -1.26. The molecule has 2 N–H and O–H groups in total. The van der Waals surface area contributed by atoms with Gasteiger partial charge in [-0.2, -0.15) is 4.31 Å². The summed E-state index contributed by atoms with van der Waals surface area (Å²) in [5.41, 5.74) is -0.409. The second-order valence-corrected chi connectivity index (χ2v) is 6.64. The molecule has 1 aliphatic rings. The summed E-state index contributed by atoms with van der Waals surface area (Å²) in [5.74, 6) is 0. The van der Waals surface area contributed by atoms with E-state index in [9.17, 15) is 28.7 Å². The Morgan fingerprint density at radius 3 is 2.35 bits per heavy atom. The van der Waals surface area contributed by atoms with Gasteiger partial charge in [-0.3, -0.25) is 10.1 Å².